The van der Waals surface area contributed by atoms with Gasteiger partial charge in [0.1, 0.15) is 0 Å². The molecular formula is C9H19N3O4. The molecule has 7 heteroatoms. The SMILES string of the molecule is CN(C)CCNC(=O)NCC[C@H](O)C(=O)O. The van der Waals surface area contributed by atoms with E-state index >= 15 is 0 Å². The zero-order valence-corrected chi connectivity index (χ0v) is 9.56. The highest BCUT2D eigenvalue weighted by Crippen LogP contribution is 1.88. The molecule has 94 valence electrons. The van der Waals surface area contributed by atoms with Crippen molar-refractivity contribution in [2.45, 2.75) is 12.5 Å². The van der Waals surface area contributed by atoms with Crippen LogP contribution in [0.2, 0.25) is 0 Å². The van der Waals surface area contributed by atoms with Crippen LogP contribution in [0.3, 0.4) is 0 Å². The van der Waals surface area contributed by atoms with E-state index in [4.69, 9.17) is 10.2 Å². The number of likely N-dealkylation sites (N-methyl/N-ethyl adjacent to an activating group) is 1. The Morgan fingerprint density at radius 2 is 1.81 bits per heavy atom. The molecule has 2 amide bonds. The van der Waals surface area contributed by atoms with Crippen molar-refractivity contribution in [1.29, 1.82) is 0 Å². The number of urea groups is 1. The lowest BCUT2D eigenvalue weighted by molar-refractivity contribution is -0.146. The Balaban J connectivity index is 3.47. The average Bonchev–Trinajstić information content (AvgIpc) is 2.16. The van der Waals surface area contributed by atoms with Gasteiger partial charge in [-0.25, -0.2) is 9.59 Å². The number of aliphatic hydroxyl groups is 1. The van der Waals surface area contributed by atoms with Crippen LogP contribution in [-0.4, -0.2) is 66.9 Å². The minimum absolute atomic E-state index is 0.00354. The zero-order valence-electron chi connectivity index (χ0n) is 9.56. The van der Waals surface area contributed by atoms with Gasteiger partial charge in [0.15, 0.2) is 6.10 Å². The molecular weight excluding hydrogens is 214 g/mol. The summed E-state index contributed by atoms with van der Waals surface area (Å²) in [6, 6.07) is -0.362. The fraction of sp³-hybridized carbons (Fsp3) is 0.778. The van der Waals surface area contributed by atoms with Gasteiger partial charge in [-0.05, 0) is 14.1 Å². The van der Waals surface area contributed by atoms with Crippen LogP contribution < -0.4 is 10.6 Å². The summed E-state index contributed by atoms with van der Waals surface area (Å²) in [4.78, 5) is 23.3. The lowest BCUT2D eigenvalue weighted by Crippen LogP contribution is -2.40. The molecule has 0 rings (SSSR count). The molecule has 0 aliphatic carbocycles. The second kappa shape index (κ2) is 7.89. The third-order valence-electron chi connectivity index (χ3n) is 1.83. The largest absolute Gasteiger partial charge is 0.479 e. The van der Waals surface area contributed by atoms with E-state index in [0.29, 0.717) is 6.54 Å². The van der Waals surface area contributed by atoms with E-state index in [1.165, 1.54) is 0 Å². The molecule has 0 aromatic heterocycles. The van der Waals surface area contributed by atoms with Crippen molar-refractivity contribution in [2.24, 2.45) is 0 Å². The summed E-state index contributed by atoms with van der Waals surface area (Å²) in [6.07, 6.45) is -1.43. The first kappa shape index (κ1) is 14.7. The fourth-order valence-electron chi connectivity index (χ4n) is 0.901. The molecule has 16 heavy (non-hydrogen) atoms. The van der Waals surface area contributed by atoms with Crippen molar-refractivity contribution in [1.82, 2.24) is 15.5 Å². The van der Waals surface area contributed by atoms with E-state index in [1.54, 1.807) is 0 Å². The minimum atomic E-state index is -1.43. The van der Waals surface area contributed by atoms with Crippen molar-refractivity contribution >= 4 is 12.0 Å². The summed E-state index contributed by atoms with van der Waals surface area (Å²) in [5, 5.41) is 22.3. The van der Waals surface area contributed by atoms with Crippen LogP contribution in [0, 0.1) is 0 Å². The summed E-state index contributed by atoms with van der Waals surface area (Å²) in [7, 11) is 3.78. The summed E-state index contributed by atoms with van der Waals surface area (Å²) in [6.45, 7) is 1.37. The van der Waals surface area contributed by atoms with Gasteiger partial charge >= 0.3 is 12.0 Å². The lowest BCUT2D eigenvalue weighted by atomic mass is 10.2. The van der Waals surface area contributed by atoms with Gasteiger partial charge in [0.05, 0.1) is 0 Å². The van der Waals surface area contributed by atoms with Crippen molar-refractivity contribution in [3.63, 3.8) is 0 Å². The van der Waals surface area contributed by atoms with Gasteiger partial charge in [-0.15, -0.1) is 0 Å². The fourth-order valence-corrected chi connectivity index (χ4v) is 0.901. The Kier molecular flexibility index (Phi) is 7.23. The smallest absolute Gasteiger partial charge is 0.332 e. The summed E-state index contributed by atoms with van der Waals surface area (Å²) in [5.74, 6) is -1.28. The second-order valence-electron chi connectivity index (χ2n) is 3.63. The molecule has 0 fully saturated rings. The number of rotatable bonds is 7. The molecule has 0 aliphatic rings. The van der Waals surface area contributed by atoms with Crippen LogP contribution >= 0.6 is 0 Å². The number of carbonyl (C=O) groups is 2. The third-order valence-corrected chi connectivity index (χ3v) is 1.83. The average molecular weight is 233 g/mol. The Morgan fingerprint density at radius 3 is 2.31 bits per heavy atom. The first-order chi connectivity index (χ1) is 7.43. The van der Waals surface area contributed by atoms with Crippen LogP contribution in [0.4, 0.5) is 4.79 Å². The Morgan fingerprint density at radius 1 is 1.25 bits per heavy atom. The standard InChI is InChI=1S/C9H19N3O4/c1-12(2)6-5-11-9(16)10-4-3-7(13)8(14)15/h7,13H,3-6H2,1-2H3,(H,14,15)(H2,10,11,16)/t7-/m0/s1. The Labute approximate surface area is 94.4 Å². The van der Waals surface area contributed by atoms with Crippen LogP contribution in [0.5, 0.6) is 0 Å². The van der Waals surface area contributed by atoms with Crippen LogP contribution in [-0.2, 0) is 4.79 Å². The van der Waals surface area contributed by atoms with E-state index < -0.39 is 12.1 Å². The molecule has 0 heterocycles. The van der Waals surface area contributed by atoms with Crippen molar-refractivity contribution in [3.8, 4) is 0 Å². The zero-order chi connectivity index (χ0) is 12.6. The summed E-state index contributed by atoms with van der Waals surface area (Å²) < 4.78 is 0. The highest BCUT2D eigenvalue weighted by molar-refractivity contribution is 5.74. The van der Waals surface area contributed by atoms with E-state index in [2.05, 4.69) is 10.6 Å². The maximum atomic E-state index is 11.1. The highest BCUT2D eigenvalue weighted by Gasteiger charge is 2.12. The van der Waals surface area contributed by atoms with Gasteiger partial charge in [-0.3, -0.25) is 0 Å². The number of carboxylic acid groups (broad SMARTS) is 1. The molecule has 0 aliphatic heterocycles. The molecule has 1 atom stereocenters. The first-order valence-electron chi connectivity index (χ1n) is 5.00. The van der Waals surface area contributed by atoms with Gasteiger partial charge in [-0.2, -0.15) is 0 Å². The minimum Gasteiger partial charge on any atom is -0.479 e. The number of nitrogens with one attached hydrogen (secondary N) is 2. The Hall–Kier alpha value is -1.34. The number of nitrogens with zero attached hydrogens (tertiary/aromatic N) is 1. The van der Waals surface area contributed by atoms with Gasteiger partial charge in [-0.1, -0.05) is 0 Å². The van der Waals surface area contributed by atoms with Crippen molar-refractivity contribution < 1.29 is 19.8 Å². The molecule has 0 saturated heterocycles. The molecule has 7 nitrogen and oxygen atoms in total. The number of aliphatic carboxylic acids is 1. The highest BCUT2D eigenvalue weighted by atomic mass is 16.4. The lowest BCUT2D eigenvalue weighted by Gasteiger charge is -2.11. The third kappa shape index (κ3) is 8.01. The predicted molar refractivity (Wildman–Crippen MR) is 58.2 cm³/mol. The van der Waals surface area contributed by atoms with Crippen LogP contribution in [0.25, 0.3) is 0 Å². The van der Waals surface area contributed by atoms with Gasteiger partial charge in [0.2, 0.25) is 0 Å². The number of aliphatic hydroxyl groups excluding tert-OH is 1. The topological polar surface area (TPSA) is 102 Å². The number of carboxylic acids is 1. The maximum Gasteiger partial charge on any atom is 0.332 e. The van der Waals surface area contributed by atoms with Gasteiger partial charge < -0.3 is 25.7 Å². The molecule has 0 aromatic carbocycles. The monoisotopic (exact) mass is 233 g/mol. The van der Waals surface area contributed by atoms with Crippen molar-refractivity contribution in [3.05, 3.63) is 0 Å². The number of carbonyl (C=O) groups excluding carboxylic acids is 1. The van der Waals surface area contributed by atoms with Crippen molar-refractivity contribution in [2.75, 3.05) is 33.7 Å². The van der Waals surface area contributed by atoms with E-state index in [-0.39, 0.29) is 19.0 Å². The molecule has 0 saturated carbocycles. The number of hydrogen-bond acceptors (Lipinski definition) is 4. The van der Waals surface area contributed by atoms with Gasteiger partial charge in [0, 0.05) is 26.1 Å². The van der Waals surface area contributed by atoms with Crippen LogP contribution in [0.15, 0.2) is 0 Å². The summed E-state index contributed by atoms with van der Waals surface area (Å²) in [5.41, 5.74) is 0. The molecule has 0 radical (unpaired) electrons. The van der Waals surface area contributed by atoms with E-state index in [1.807, 2.05) is 19.0 Å². The van der Waals surface area contributed by atoms with Gasteiger partial charge in [0.25, 0.3) is 0 Å². The van der Waals surface area contributed by atoms with E-state index in [9.17, 15) is 9.59 Å². The van der Waals surface area contributed by atoms with Crippen LogP contribution in [0.1, 0.15) is 6.42 Å². The van der Waals surface area contributed by atoms with E-state index in [0.717, 1.165) is 6.54 Å². The predicted octanol–water partition coefficient (Wildman–Crippen LogP) is -1.32. The number of hydrogen-bond donors (Lipinski definition) is 4. The quantitative estimate of drug-likeness (QED) is 0.437. The Bertz CT molecular complexity index is 233. The summed E-state index contributed by atoms with van der Waals surface area (Å²) >= 11 is 0. The molecule has 0 aromatic rings. The number of amides is 2. The molecule has 0 unspecified atom stereocenters. The maximum absolute atomic E-state index is 11.1. The molecule has 0 bridgehead atoms. The first-order valence-corrected chi connectivity index (χ1v) is 5.00. The second-order valence-corrected chi connectivity index (χ2v) is 3.63. The molecule has 4 N–H and O–H groups in total. The normalized spacial score (nSPS) is 12.2. The molecule has 0 spiro atoms.